The molecule has 4 nitrogen and oxygen atoms in total. The van der Waals surface area contributed by atoms with E-state index < -0.39 is 0 Å². The van der Waals surface area contributed by atoms with Gasteiger partial charge in [0.15, 0.2) is 5.13 Å². The maximum atomic E-state index is 12.3. The average molecular weight is 253 g/mol. The molecule has 17 heavy (non-hydrogen) atoms. The molecule has 1 amide bonds. The number of hydrogen-bond acceptors (Lipinski definition) is 4. The zero-order valence-electron chi connectivity index (χ0n) is 10.4. The first-order valence-electron chi connectivity index (χ1n) is 6.05. The molecule has 0 bridgehead atoms. The summed E-state index contributed by atoms with van der Waals surface area (Å²) in [6.45, 7) is 6.15. The molecular weight excluding hydrogens is 234 g/mol. The quantitative estimate of drug-likeness (QED) is 0.880. The first-order chi connectivity index (χ1) is 8.04. The van der Waals surface area contributed by atoms with Gasteiger partial charge in [-0.2, -0.15) is 0 Å². The topological polar surface area (TPSA) is 59.2 Å². The minimum absolute atomic E-state index is 0.0820. The zero-order valence-corrected chi connectivity index (χ0v) is 11.2. The lowest BCUT2D eigenvalue weighted by molar-refractivity contribution is 0.0547. The lowest BCUT2D eigenvalue weighted by Gasteiger charge is -2.39. The lowest BCUT2D eigenvalue weighted by atomic mass is 9.79. The molecule has 1 atom stereocenters. The Morgan fingerprint density at radius 3 is 3.06 bits per heavy atom. The number of anilines is 1. The molecule has 2 rings (SSSR count). The summed E-state index contributed by atoms with van der Waals surface area (Å²) in [6.07, 6.45) is 4.99. The highest BCUT2D eigenvalue weighted by Crippen LogP contribution is 2.33. The largest absolute Gasteiger partial charge is 0.375 e. The number of hydrogen-bond donors (Lipinski definition) is 1. The molecule has 1 unspecified atom stereocenters. The van der Waals surface area contributed by atoms with E-state index in [0.717, 1.165) is 25.9 Å². The van der Waals surface area contributed by atoms with E-state index in [1.54, 1.807) is 6.20 Å². The third kappa shape index (κ3) is 2.60. The summed E-state index contributed by atoms with van der Waals surface area (Å²) in [5.74, 6) is 0.0820. The van der Waals surface area contributed by atoms with Gasteiger partial charge in [0.25, 0.3) is 5.91 Å². The predicted octanol–water partition coefficient (Wildman–Crippen LogP) is 2.38. The Labute approximate surface area is 106 Å². The fourth-order valence-electron chi connectivity index (χ4n) is 2.32. The van der Waals surface area contributed by atoms with Crippen molar-refractivity contribution in [2.75, 3.05) is 18.8 Å². The van der Waals surface area contributed by atoms with Crippen molar-refractivity contribution in [2.45, 2.75) is 33.1 Å². The van der Waals surface area contributed by atoms with Crippen molar-refractivity contribution in [3.8, 4) is 0 Å². The second-order valence-corrected chi connectivity index (χ2v) is 6.12. The van der Waals surface area contributed by atoms with Gasteiger partial charge in [-0.1, -0.05) is 25.2 Å². The van der Waals surface area contributed by atoms with Crippen LogP contribution < -0.4 is 5.73 Å². The van der Waals surface area contributed by atoms with Crippen molar-refractivity contribution in [3.63, 3.8) is 0 Å². The van der Waals surface area contributed by atoms with Crippen LogP contribution in [0.2, 0.25) is 0 Å². The van der Waals surface area contributed by atoms with Crippen molar-refractivity contribution < 1.29 is 4.79 Å². The van der Waals surface area contributed by atoms with Crippen LogP contribution in [-0.4, -0.2) is 28.9 Å². The minimum atomic E-state index is 0.0820. The SMILES string of the molecule is CCC1(C)CCCN(C(=O)c2cnc(N)s2)C1. The van der Waals surface area contributed by atoms with Gasteiger partial charge in [0, 0.05) is 13.1 Å². The molecule has 94 valence electrons. The van der Waals surface area contributed by atoms with E-state index >= 15 is 0 Å². The smallest absolute Gasteiger partial charge is 0.265 e. The van der Waals surface area contributed by atoms with Crippen LogP contribution in [0.5, 0.6) is 0 Å². The second-order valence-electron chi connectivity index (χ2n) is 5.06. The molecular formula is C12H19N3OS. The minimum Gasteiger partial charge on any atom is -0.375 e. The van der Waals surface area contributed by atoms with E-state index in [0.29, 0.717) is 10.0 Å². The van der Waals surface area contributed by atoms with Gasteiger partial charge in [-0.15, -0.1) is 0 Å². The Hall–Kier alpha value is -1.10. The van der Waals surface area contributed by atoms with Crippen molar-refractivity contribution >= 4 is 22.4 Å². The number of nitrogens with two attached hydrogens (primary N) is 1. The van der Waals surface area contributed by atoms with Crippen molar-refractivity contribution in [1.82, 2.24) is 9.88 Å². The fraction of sp³-hybridized carbons (Fsp3) is 0.667. The molecule has 1 aromatic rings. The number of carbonyl (C=O) groups excluding carboxylic acids is 1. The molecule has 2 heterocycles. The van der Waals surface area contributed by atoms with E-state index in [-0.39, 0.29) is 11.3 Å². The van der Waals surface area contributed by atoms with Gasteiger partial charge in [-0.3, -0.25) is 4.79 Å². The van der Waals surface area contributed by atoms with E-state index in [1.807, 2.05) is 4.90 Å². The molecule has 1 aliphatic rings. The number of thiazole rings is 1. The van der Waals surface area contributed by atoms with Crippen LogP contribution in [0, 0.1) is 5.41 Å². The van der Waals surface area contributed by atoms with Crippen molar-refractivity contribution in [2.24, 2.45) is 5.41 Å². The molecule has 1 saturated heterocycles. The molecule has 0 aliphatic carbocycles. The van der Waals surface area contributed by atoms with Gasteiger partial charge in [-0.05, 0) is 24.7 Å². The van der Waals surface area contributed by atoms with Crippen LogP contribution in [0.3, 0.4) is 0 Å². The summed E-state index contributed by atoms with van der Waals surface area (Å²) in [4.78, 5) is 18.8. The maximum absolute atomic E-state index is 12.3. The number of carbonyl (C=O) groups is 1. The number of aromatic nitrogens is 1. The van der Waals surface area contributed by atoms with E-state index in [1.165, 1.54) is 17.8 Å². The average Bonchev–Trinajstić information content (AvgIpc) is 2.75. The van der Waals surface area contributed by atoms with Crippen molar-refractivity contribution in [3.05, 3.63) is 11.1 Å². The molecule has 2 N–H and O–H groups in total. The number of amides is 1. The Bertz CT molecular complexity index is 418. The van der Waals surface area contributed by atoms with Gasteiger partial charge in [0.2, 0.25) is 0 Å². The summed E-state index contributed by atoms with van der Waals surface area (Å²) < 4.78 is 0. The van der Waals surface area contributed by atoms with Crippen LogP contribution in [-0.2, 0) is 0 Å². The first-order valence-corrected chi connectivity index (χ1v) is 6.86. The Kier molecular flexibility index (Phi) is 3.38. The van der Waals surface area contributed by atoms with Gasteiger partial charge in [0.05, 0.1) is 6.20 Å². The highest BCUT2D eigenvalue weighted by molar-refractivity contribution is 7.17. The molecule has 5 heteroatoms. The normalized spacial score (nSPS) is 24.9. The Balaban J connectivity index is 2.10. The standard InChI is InChI=1S/C12H19N3OS/c1-3-12(2)5-4-6-15(8-12)10(16)9-7-14-11(13)17-9/h7H,3-6,8H2,1-2H3,(H2,13,14). The summed E-state index contributed by atoms with van der Waals surface area (Å²) in [7, 11) is 0. The summed E-state index contributed by atoms with van der Waals surface area (Å²) >= 11 is 1.27. The molecule has 1 aromatic heterocycles. The molecule has 0 spiro atoms. The predicted molar refractivity (Wildman–Crippen MR) is 70.1 cm³/mol. The van der Waals surface area contributed by atoms with Crippen LogP contribution in [0.25, 0.3) is 0 Å². The van der Waals surface area contributed by atoms with E-state index in [2.05, 4.69) is 18.8 Å². The van der Waals surface area contributed by atoms with Gasteiger partial charge < -0.3 is 10.6 Å². The molecule has 1 fully saturated rings. The molecule has 0 radical (unpaired) electrons. The first kappa shape index (κ1) is 12.4. The van der Waals surface area contributed by atoms with Crippen LogP contribution in [0.1, 0.15) is 42.8 Å². The van der Waals surface area contributed by atoms with Crippen LogP contribution in [0.4, 0.5) is 5.13 Å². The van der Waals surface area contributed by atoms with Gasteiger partial charge in [0.1, 0.15) is 4.88 Å². The summed E-state index contributed by atoms with van der Waals surface area (Å²) in [6, 6.07) is 0. The highest BCUT2D eigenvalue weighted by atomic mass is 32.1. The third-order valence-electron chi connectivity index (χ3n) is 3.66. The molecule has 0 aromatic carbocycles. The molecule has 1 aliphatic heterocycles. The zero-order chi connectivity index (χ0) is 12.5. The Morgan fingerprint density at radius 2 is 2.47 bits per heavy atom. The number of piperidine rings is 1. The third-order valence-corrected chi connectivity index (χ3v) is 4.47. The second kappa shape index (κ2) is 4.64. The van der Waals surface area contributed by atoms with E-state index in [9.17, 15) is 4.79 Å². The van der Waals surface area contributed by atoms with Crippen LogP contribution >= 0.6 is 11.3 Å². The highest BCUT2D eigenvalue weighted by Gasteiger charge is 2.32. The number of nitrogens with zero attached hydrogens (tertiary/aromatic N) is 2. The Morgan fingerprint density at radius 1 is 1.71 bits per heavy atom. The van der Waals surface area contributed by atoms with Gasteiger partial charge >= 0.3 is 0 Å². The number of nitrogen functional groups attached to an aromatic ring is 1. The summed E-state index contributed by atoms with van der Waals surface area (Å²) in [5, 5.41) is 0.462. The fourth-order valence-corrected chi connectivity index (χ4v) is 2.97. The monoisotopic (exact) mass is 253 g/mol. The van der Waals surface area contributed by atoms with Crippen LogP contribution in [0.15, 0.2) is 6.20 Å². The lowest BCUT2D eigenvalue weighted by Crippen LogP contribution is -2.44. The summed E-state index contributed by atoms with van der Waals surface area (Å²) in [5.41, 5.74) is 5.83. The van der Waals surface area contributed by atoms with Crippen molar-refractivity contribution in [1.29, 1.82) is 0 Å². The number of rotatable bonds is 2. The number of likely N-dealkylation sites (tertiary alicyclic amines) is 1. The van der Waals surface area contributed by atoms with E-state index in [4.69, 9.17) is 5.73 Å². The maximum Gasteiger partial charge on any atom is 0.265 e. The molecule has 0 saturated carbocycles. The van der Waals surface area contributed by atoms with Gasteiger partial charge in [-0.25, -0.2) is 4.98 Å².